The van der Waals surface area contributed by atoms with Crippen molar-refractivity contribution in [3.05, 3.63) is 22.7 Å². The molecule has 1 aromatic heterocycles. The zero-order valence-electron chi connectivity index (χ0n) is 11.8. The molecule has 6 nitrogen and oxygen atoms in total. The lowest BCUT2D eigenvalue weighted by Crippen LogP contribution is -2.36. The maximum absolute atomic E-state index is 11.2. The Morgan fingerprint density at radius 1 is 1.55 bits per heavy atom. The average molecular weight is 276 g/mol. The molecule has 2 aromatic rings. The van der Waals surface area contributed by atoms with Crippen molar-refractivity contribution in [2.24, 2.45) is 0 Å². The number of nitrogens with two attached hydrogens (primary N) is 1. The van der Waals surface area contributed by atoms with E-state index >= 15 is 0 Å². The van der Waals surface area contributed by atoms with Crippen molar-refractivity contribution in [1.29, 1.82) is 0 Å². The summed E-state index contributed by atoms with van der Waals surface area (Å²) in [6.07, 6.45) is 2.59. The van der Waals surface area contributed by atoms with Gasteiger partial charge in [-0.15, -0.1) is 0 Å². The predicted molar refractivity (Wildman–Crippen MR) is 80.0 cm³/mol. The first-order valence-electron chi connectivity index (χ1n) is 6.93. The molecule has 1 unspecified atom stereocenters. The van der Waals surface area contributed by atoms with Gasteiger partial charge in [0.25, 0.3) is 0 Å². The molecule has 1 aromatic carbocycles. The molecule has 1 aliphatic carbocycles. The number of nitrogens with one attached hydrogen (secondary N) is 2. The molecule has 0 bridgehead atoms. The van der Waals surface area contributed by atoms with E-state index in [-0.39, 0.29) is 0 Å². The Balaban J connectivity index is 1.73. The summed E-state index contributed by atoms with van der Waals surface area (Å²) in [7, 11) is 2.16. The van der Waals surface area contributed by atoms with Crippen molar-refractivity contribution >= 4 is 22.5 Å². The quantitative estimate of drug-likeness (QED) is 0.722. The number of hydrogen-bond acceptors (Lipinski definition) is 5. The maximum atomic E-state index is 11.2. The summed E-state index contributed by atoms with van der Waals surface area (Å²) < 4.78 is 4.98. The van der Waals surface area contributed by atoms with Crippen molar-refractivity contribution in [3.8, 4) is 0 Å². The first-order chi connectivity index (χ1) is 9.54. The topological polar surface area (TPSA) is 87.3 Å². The van der Waals surface area contributed by atoms with E-state index in [4.69, 9.17) is 10.2 Å². The van der Waals surface area contributed by atoms with Crippen LogP contribution in [0.15, 0.2) is 21.3 Å². The smallest absolute Gasteiger partial charge is 0.408 e. The van der Waals surface area contributed by atoms with E-state index in [1.807, 2.05) is 6.07 Å². The zero-order valence-corrected chi connectivity index (χ0v) is 11.8. The van der Waals surface area contributed by atoms with Crippen LogP contribution in [0.1, 0.15) is 19.8 Å². The Morgan fingerprint density at radius 3 is 3.00 bits per heavy atom. The number of aromatic amines is 1. The number of oxazole rings is 1. The molecule has 108 valence electrons. The van der Waals surface area contributed by atoms with Gasteiger partial charge in [0.15, 0.2) is 5.58 Å². The second kappa shape index (κ2) is 4.86. The first kappa shape index (κ1) is 13.1. The highest BCUT2D eigenvalue weighted by Gasteiger charge is 2.28. The van der Waals surface area contributed by atoms with E-state index in [0.717, 1.165) is 18.3 Å². The van der Waals surface area contributed by atoms with Crippen molar-refractivity contribution in [1.82, 2.24) is 9.88 Å². The van der Waals surface area contributed by atoms with Crippen LogP contribution in [-0.4, -0.2) is 35.6 Å². The van der Waals surface area contributed by atoms with Gasteiger partial charge < -0.3 is 15.5 Å². The lowest BCUT2D eigenvalue weighted by atomic mass is 10.2. The molecular formula is C14H20N4O2. The molecular weight excluding hydrogens is 256 g/mol. The molecule has 0 radical (unpaired) electrons. The Hall–Kier alpha value is -1.95. The average Bonchev–Trinajstić information content (AvgIpc) is 3.18. The first-order valence-corrected chi connectivity index (χ1v) is 6.93. The predicted octanol–water partition coefficient (Wildman–Crippen LogP) is 1.60. The molecule has 1 heterocycles. The van der Waals surface area contributed by atoms with Gasteiger partial charge in [0.2, 0.25) is 0 Å². The summed E-state index contributed by atoms with van der Waals surface area (Å²) in [5.74, 6) is -0.460. The Labute approximate surface area is 116 Å². The third kappa shape index (κ3) is 2.51. The van der Waals surface area contributed by atoms with E-state index in [9.17, 15) is 4.79 Å². The van der Waals surface area contributed by atoms with Crippen molar-refractivity contribution in [2.45, 2.75) is 31.8 Å². The molecule has 0 amide bonds. The molecule has 0 aliphatic heterocycles. The number of nitrogens with zero attached hydrogens (tertiary/aromatic N) is 1. The standard InChI is InChI=1S/C14H20N4O2/c1-8(18(2)9-3-4-9)7-16-11-6-12-13(5-10(11)15)20-14(19)17-12/h5-6,8-9,16H,3-4,7,15H2,1-2H3,(H,17,19). The van der Waals surface area contributed by atoms with Crippen molar-refractivity contribution < 1.29 is 4.42 Å². The number of benzene rings is 1. The number of nitrogen functional groups attached to an aromatic ring is 1. The number of anilines is 2. The summed E-state index contributed by atoms with van der Waals surface area (Å²) in [4.78, 5) is 16.2. The number of fused-ring (bicyclic) bond motifs is 1. The molecule has 20 heavy (non-hydrogen) atoms. The lowest BCUT2D eigenvalue weighted by molar-refractivity contribution is 0.257. The van der Waals surface area contributed by atoms with E-state index in [2.05, 4.69) is 29.2 Å². The summed E-state index contributed by atoms with van der Waals surface area (Å²) in [5.41, 5.74) is 8.54. The van der Waals surface area contributed by atoms with Gasteiger partial charge in [0.1, 0.15) is 0 Å². The summed E-state index contributed by atoms with van der Waals surface area (Å²) in [5, 5.41) is 3.35. The highest BCUT2D eigenvalue weighted by Crippen LogP contribution is 2.28. The summed E-state index contributed by atoms with van der Waals surface area (Å²) in [6.45, 7) is 3.00. The van der Waals surface area contributed by atoms with Gasteiger partial charge >= 0.3 is 5.76 Å². The van der Waals surface area contributed by atoms with Crippen LogP contribution in [0.3, 0.4) is 0 Å². The molecule has 1 aliphatic rings. The number of aromatic nitrogens is 1. The van der Waals surface area contributed by atoms with Crippen molar-refractivity contribution in [2.75, 3.05) is 24.6 Å². The number of likely N-dealkylation sites (N-methyl/N-ethyl adjacent to an activating group) is 1. The minimum atomic E-state index is -0.460. The van der Waals surface area contributed by atoms with Gasteiger partial charge in [0.05, 0.1) is 16.9 Å². The maximum Gasteiger partial charge on any atom is 0.417 e. The van der Waals surface area contributed by atoms with Gasteiger partial charge in [-0.2, -0.15) is 0 Å². The fraction of sp³-hybridized carbons (Fsp3) is 0.500. The van der Waals surface area contributed by atoms with E-state index in [1.54, 1.807) is 6.07 Å². The number of H-pyrrole nitrogens is 1. The van der Waals surface area contributed by atoms with E-state index < -0.39 is 5.76 Å². The fourth-order valence-corrected chi connectivity index (χ4v) is 2.41. The van der Waals surface area contributed by atoms with Crippen LogP contribution in [0, 0.1) is 0 Å². The van der Waals surface area contributed by atoms with Crippen LogP contribution in [0.25, 0.3) is 11.1 Å². The lowest BCUT2D eigenvalue weighted by Gasteiger charge is -2.25. The van der Waals surface area contributed by atoms with Crippen LogP contribution in [0.2, 0.25) is 0 Å². The Morgan fingerprint density at radius 2 is 2.30 bits per heavy atom. The Bertz CT molecular complexity index is 671. The van der Waals surface area contributed by atoms with Crippen LogP contribution in [0.5, 0.6) is 0 Å². The molecule has 1 saturated carbocycles. The molecule has 0 spiro atoms. The van der Waals surface area contributed by atoms with Gasteiger partial charge in [0, 0.05) is 24.7 Å². The van der Waals surface area contributed by atoms with E-state index in [0.29, 0.717) is 22.8 Å². The third-order valence-electron chi connectivity index (χ3n) is 4.00. The molecule has 3 rings (SSSR count). The van der Waals surface area contributed by atoms with Gasteiger partial charge in [-0.1, -0.05) is 0 Å². The SMILES string of the molecule is CC(CNc1cc2[nH]c(=O)oc2cc1N)N(C)C1CC1. The highest BCUT2D eigenvalue weighted by molar-refractivity contribution is 5.85. The van der Waals surface area contributed by atoms with Gasteiger partial charge in [-0.3, -0.25) is 9.88 Å². The largest absolute Gasteiger partial charge is 0.417 e. The van der Waals surface area contributed by atoms with Gasteiger partial charge in [-0.25, -0.2) is 4.79 Å². The molecule has 4 N–H and O–H groups in total. The van der Waals surface area contributed by atoms with Crippen LogP contribution in [-0.2, 0) is 0 Å². The second-order valence-electron chi connectivity index (χ2n) is 5.58. The molecule has 6 heteroatoms. The normalized spacial score (nSPS) is 16.8. The van der Waals surface area contributed by atoms with Crippen LogP contribution >= 0.6 is 0 Å². The van der Waals surface area contributed by atoms with E-state index in [1.165, 1.54) is 12.8 Å². The number of rotatable bonds is 5. The second-order valence-corrected chi connectivity index (χ2v) is 5.58. The highest BCUT2D eigenvalue weighted by atomic mass is 16.4. The summed E-state index contributed by atoms with van der Waals surface area (Å²) in [6, 6.07) is 4.66. The molecule has 1 atom stereocenters. The van der Waals surface area contributed by atoms with Crippen LogP contribution < -0.4 is 16.8 Å². The zero-order chi connectivity index (χ0) is 14.3. The minimum Gasteiger partial charge on any atom is -0.408 e. The van der Waals surface area contributed by atoms with Crippen molar-refractivity contribution in [3.63, 3.8) is 0 Å². The third-order valence-corrected chi connectivity index (χ3v) is 4.00. The van der Waals surface area contributed by atoms with Gasteiger partial charge in [-0.05, 0) is 32.9 Å². The monoisotopic (exact) mass is 276 g/mol. The fourth-order valence-electron chi connectivity index (χ4n) is 2.41. The molecule has 0 saturated heterocycles. The Kier molecular flexibility index (Phi) is 3.17. The minimum absolute atomic E-state index is 0.431. The number of hydrogen-bond donors (Lipinski definition) is 3. The summed E-state index contributed by atoms with van der Waals surface area (Å²) >= 11 is 0. The molecule has 1 fully saturated rings. The van der Waals surface area contributed by atoms with Crippen LogP contribution in [0.4, 0.5) is 11.4 Å².